The number of benzene rings is 1. The van der Waals surface area contributed by atoms with E-state index in [4.69, 9.17) is 4.74 Å². The molecule has 0 unspecified atom stereocenters. The van der Waals surface area contributed by atoms with Gasteiger partial charge in [-0.05, 0) is 50.5 Å². The van der Waals surface area contributed by atoms with Crippen LogP contribution in [0.5, 0.6) is 0 Å². The Kier molecular flexibility index (Phi) is 7.89. The minimum absolute atomic E-state index is 0.189. The lowest BCUT2D eigenvalue weighted by atomic mass is 9.98. The van der Waals surface area contributed by atoms with E-state index in [1.165, 1.54) is 42.6 Å². The summed E-state index contributed by atoms with van der Waals surface area (Å²) >= 11 is 0. The summed E-state index contributed by atoms with van der Waals surface area (Å²) in [6.45, 7) is 3.67. The maximum Gasteiger partial charge on any atom is 0.265 e. The van der Waals surface area contributed by atoms with Gasteiger partial charge in [0, 0.05) is 25.9 Å². The van der Waals surface area contributed by atoms with Crippen molar-refractivity contribution in [2.75, 3.05) is 29.3 Å². The molecular formula is C22H31N3O3S. The molecule has 0 radical (unpaired) electrons. The lowest BCUT2D eigenvalue weighted by Gasteiger charge is -2.22. The van der Waals surface area contributed by atoms with Crippen LogP contribution in [0.3, 0.4) is 0 Å². The molecule has 0 amide bonds. The van der Waals surface area contributed by atoms with Gasteiger partial charge in [-0.1, -0.05) is 37.5 Å². The summed E-state index contributed by atoms with van der Waals surface area (Å²) < 4.78 is 33.3. The highest BCUT2D eigenvalue weighted by atomic mass is 32.2. The van der Waals surface area contributed by atoms with Crippen LogP contribution in [-0.4, -0.2) is 39.2 Å². The van der Waals surface area contributed by atoms with E-state index < -0.39 is 10.0 Å². The molecule has 0 saturated heterocycles. The van der Waals surface area contributed by atoms with Crippen molar-refractivity contribution < 1.29 is 13.2 Å². The Morgan fingerprint density at radius 1 is 1.10 bits per heavy atom. The summed E-state index contributed by atoms with van der Waals surface area (Å²) in [5.41, 5.74) is 0.648. The van der Waals surface area contributed by atoms with Crippen molar-refractivity contribution in [1.82, 2.24) is 4.98 Å². The van der Waals surface area contributed by atoms with Crippen molar-refractivity contribution in [1.29, 1.82) is 0 Å². The third-order valence-electron chi connectivity index (χ3n) is 5.19. The van der Waals surface area contributed by atoms with Crippen molar-refractivity contribution in [3.8, 4) is 0 Å². The monoisotopic (exact) mass is 417 g/mol. The number of rotatable bonds is 10. The molecule has 29 heavy (non-hydrogen) atoms. The quantitative estimate of drug-likeness (QED) is 0.578. The van der Waals surface area contributed by atoms with E-state index in [1.807, 2.05) is 25.1 Å². The Labute approximate surface area is 174 Å². The molecule has 1 aromatic carbocycles. The third kappa shape index (κ3) is 5.93. The average Bonchev–Trinajstić information content (AvgIpc) is 2.76. The van der Waals surface area contributed by atoms with Crippen LogP contribution < -0.4 is 9.62 Å². The van der Waals surface area contributed by atoms with Crippen LogP contribution in [-0.2, 0) is 14.8 Å². The van der Waals surface area contributed by atoms with Gasteiger partial charge in [0.1, 0.15) is 10.7 Å². The Morgan fingerprint density at radius 3 is 2.52 bits per heavy atom. The maximum absolute atomic E-state index is 13.0. The van der Waals surface area contributed by atoms with Crippen molar-refractivity contribution >= 4 is 21.5 Å². The molecule has 0 spiro atoms. The van der Waals surface area contributed by atoms with Crippen molar-refractivity contribution in [2.45, 2.75) is 56.4 Å². The van der Waals surface area contributed by atoms with Gasteiger partial charge in [0.05, 0.1) is 11.8 Å². The average molecular weight is 418 g/mol. The molecule has 1 saturated carbocycles. The zero-order valence-electron chi connectivity index (χ0n) is 17.1. The van der Waals surface area contributed by atoms with Gasteiger partial charge < -0.3 is 10.1 Å². The summed E-state index contributed by atoms with van der Waals surface area (Å²) in [5.74, 6) is 0.671. The summed E-state index contributed by atoms with van der Waals surface area (Å²) in [6, 6.07) is 12.4. The fourth-order valence-corrected chi connectivity index (χ4v) is 5.04. The van der Waals surface area contributed by atoms with E-state index in [0.717, 1.165) is 19.6 Å². The summed E-state index contributed by atoms with van der Waals surface area (Å²) in [5, 5.41) is 3.24. The normalized spacial score (nSPS) is 15.2. The second-order valence-electron chi connectivity index (χ2n) is 7.30. The second kappa shape index (κ2) is 10.6. The zero-order chi connectivity index (χ0) is 20.5. The Hall–Kier alpha value is -2.12. The van der Waals surface area contributed by atoms with Crippen LogP contribution in [0, 0.1) is 0 Å². The van der Waals surface area contributed by atoms with Crippen LogP contribution in [0.25, 0.3) is 0 Å². The topological polar surface area (TPSA) is 71.5 Å². The van der Waals surface area contributed by atoms with Crippen LogP contribution >= 0.6 is 0 Å². The van der Waals surface area contributed by atoms with E-state index in [1.54, 1.807) is 24.3 Å². The van der Waals surface area contributed by atoms with Gasteiger partial charge in [-0.3, -0.25) is 4.31 Å². The standard InChI is InChI=1S/C22H31N3O3S/c1-2-25(19-10-5-3-6-11-19)29(26,27)21-14-15-22(24-18-21)23-16-9-17-28-20-12-7-4-8-13-20/h3,5-6,10-11,14-15,18,20H,2,4,7-9,12-13,16-17H2,1H3,(H,23,24). The fraction of sp³-hybridized carbons (Fsp3) is 0.500. The van der Waals surface area contributed by atoms with E-state index in [0.29, 0.717) is 24.2 Å². The number of anilines is 2. The molecular weight excluding hydrogens is 386 g/mol. The molecule has 158 valence electrons. The van der Waals surface area contributed by atoms with Crippen molar-refractivity contribution in [2.24, 2.45) is 0 Å². The van der Waals surface area contributed by atoms with Crippen LogP contribution in [0.2, 0.25) is 0 Å². The first-order valence-electron chi connectivity index (χ1n) is 10.5. The third-order valence-corrected chi connectivity index (χ3v) is 7.08. The lowest BCUT2D eigenvalue weighted by Crippen LogP contribution is -2.30. The van der Waals surface area contributed by atoms with Crippen LogP contribution in [0.15, 0.2) is 53.6 Å². The zero-order valence-corrected chi connectivity index (χ0v) is 17.9. The molecule has 1 N–H and O–H groups in total. The molecule has 0 bridgehead atoms. The maximum atomic E-state index is 13.0. The number of aromatic nitrogens is 1. The SMILES string of the molecule is CCN(c1ccccc1)S(=O)(=O)c1ccc(NCCCOC2CCCCC2)nc1. The van der Waals surface area contributed by atoms with Gasteiger partial charge in [-0.25, -0.2) is 13.4 Å². The Balaban J connectivity index is 1.51. The van der Waals surface area contributed by atoms with Gasteiger partial charge in [0.25, 0.3) is 10.0 Å². The lowest BCUT2D eigenvalue weighted by molar-refractivity contribution is 0.0284. The summed E-state index contributed by atoms with van der Waals surface area (Å²) in [4.78, 5) is 4.47. The molecule has 0 aliphatic heterocycles. The predicted octanol–water partition coefficient (Wildman–Crippen LogP) is 4.45. The van der Waals surface area contributed by atoms with Gasteiger partial charge in [-0.15, -0.1) is 0 Å². The number of pyridine rings is 1. The number of hydrogen-bond acceptors (Lipinski definition) is 5. The highest BCUT2D eigenvalue weighted by Gasteiger charge is 2.23. The first-order valence-corrected chi connectivity index (χ1v) is 11.9. The molecule has 0 atom stereocenters. The van der Waals surface area contributed by atoms with E-state index in [9.17, 15) is 8.42 Å². The molecule has 6 nitrogen and oxygen atoms in total. The van der Waals surface area contributed by atoms with Gasteiger partial charge in [-0.2, -0.15) is 0 Å². The Morgan fingerprint density at radius 2 is 1.86 bits per heavy atom. The van der Waals surface area contributed by atoms with E-state index in [-0.39, 0.29) is 4.90 Å². The second-order valence-corrected chi connectivity index (χ2v) is 9.16. The summed E-state index contributed by atoms with van der Waals surface area (Å²) in [6.07, 6.45) is 9.00. The van der Waals surface area contributed by atoms with E-state index in [2.05, 4.69) is 10.3 Å². The molecule has 1 aliphatic carbocycles. The van der Waals surface area contributed by atoms with Gasteiger partial charge >= 0.3 is 0 Å². The van der Waals surface area contributed by atoms with Gasteiger partial charge in [0.2, 0.25) is 0 Å². The number of nitrogens with one attached hydrogen (secondary N) is 1. The van der Waals surface area contributed by atoms with Crippen LogP contribution in [0.1, 0.15) is 45.4 Å². The summed E-state index contributed by atoms with van der Waals surface area (Å²) in [7, 11) is -3.64. The smallest absolute Gasteiger partial charge is 0.265 e. The van der Waals surface area contributed by atoms with Crippen molar-refractivity contribution in [3.05, 3.63) is 48.7 Å². The van der Waals surface area contributed by atoms with Gasteiger partial charge in [0.15, 0.2) is 0 Å². The molecule has 1 aliphatic rings. The minimum atomic E-state index is -3.64. The molecule has 1 fully saturated rings. The first-order chi connectivity index (χ1) is 14.1. The number of sulfonamides is 1. The fourth-order valence-electron chi connectivity index (χ4n) is 3.62. The van der Waals surface area contributed by atoms with Crippen LogP contribution in [0.4, 0.5) is 11.5 Å². The predicted molar refractivity (Wildman–Crippen MR) is 117 cm³/mol. The molecule has 2 aromatic rings. The van der Waals surface area contributed by atoms with Crippen molar-refractivity contribution in [3.63, 3.8) is 0 Å². The highest BCUT2D eigenvalue weighted by molar-refractivity contribution is 7.92. The number of ether oxygens (including phenoxy) is 1. The Bertz CT molecular complexity index is 835. The molecule has 1 heterocycles. The largest absolute Gasteiger partial charge is 0.378 e. The number of para-hydroxylation sites is 1. The van der Waals surface area contributed by atoms with E-state index >= 15 is 0 Å². The number of nitrogens with zero attached hydrogens (tertiary/aromatic N) is 2. The molecule has 7 heteroatoms. The highest BCUT2D eigenvalue weighted by Crippen LogP contribution is 2.23. The minimum Gasteiger partial charge on any atom is -0.378 e. The molecule has 3 rings (SSSR count). The first kappa shape index (κ1) is 21.6. The number of hydrogen-bond donors (Lipinski definition) is 1. The molecule has 1 aromatic heterocycles.